The molecule has 1 aromatic carbocycles. The van der Waals surface area contributed by atoms with Crippen molar-refractivity contribution >= 4 is 0 Å². The van der Waals surface area contributed by atoms with Crippen LogP contribution in [0.1, 0.15) is 16.7 Å². The molecule has 1 atom stereocenters. The van der Waals surface area contributed by atoms with Crippen LogP contribution < -0.4 is 11.1 Å². The molecule has 0 radical (unpaired) electrons. The summed E-state index contributed by atoms with van der Waals surface area (Å²) in [5.74, 6) is 0. The molecule has 88 valence electrons. The van der Waals surface area contributed by atoms with Crippen LogP contribution in [0.15, 0.2) is 18.2 Å². The van der Waals surface area contributed by atoms with E-state index in [9.17, 15) is 13.2 Å². The Morgan fingerprint density at radius 2 is 2.06 bits per heavy atom. The van der Waals surface area contributed by atoms with Crippen LogP contribution in [0.2, 0.25) is 0 Å². The number of fused-ring (bicyclic) bond motifs is 1. The zero-order chi connectivity index (χ0) is 11.8. The summed E-state index contributed by atoms with van der Waals surface area (Å²) in [6, 6.07) is 3.98. The van der Waals surface area contributed by atoms with Gasteiger partial charge in [0.15, 0.2) is 0 Å². The van der Waals surface area contributed by atoms with Crippen molar-refractivity contribution in [3.63, 3.8) is 0 Å². The van der Waals surface area contributed by atoms with Gasteiger partial charge in [-0.05, 0) is 29.7 Å². The summed E-state index contributed by atoms with van der Waals surface area (Å²) < 4.78 is 37.5. The van der Waals surface area contributed by atoms with Gasteiger partial charge in [0, 0.05) is 19.1 Å². The van der Waals surface area contributed by atoms with Crippen LogP contribution in [-0.4, -0.2) is 12.6 Å². The van der Waals surface area contributed by atoms with Crippen molar-refractivity contribution in [1.29, 1.82) is 0 Å². The lowest BCUT2D eigenvalue weighted by atomic mass is 9.94. The molecule has 2 rings (SSSR count). The minimum absolute atomic E-state index is 0.0796. The number of hydrogen-bond acceptors (Lipinski definition) is 2. The lowest BCUT2D eigenvalue weighted by Gasteiger charge is -2.25. The third kappa shape index (κ3) is 2.20. The van der Waals surface area contributed by atoms with Gasteiger partial charge < -0.3 is 11.1 Å². The molecular formula is C11H13F3N2. The molecule has 0 aliphatic carbocycles. The first kappa shape index (κ1) is 11.4. The van der Waals surface area contributed by atoms with Crippen molar-refractivity contribution in [2.45, 2.75) is 25.2 Å². The van der Waals surface area contributed by atoms with E-state index in [1.165, 1.54) is 12.1 Å². The van der Waals surface area contributed by atoms with E-state index >= 15 is 0 Å². The van der Waals surface area contributed by atoms with Gasteiger partial charge in [-0.25, -0.2) is 0 Å². The van der Waals surface area contributed by atoms with E-state index in [-0.39, 0.29) is 6.04 Å². The predicted octanol–water partition coefficient (Wildman–Crippen LogP) is 1.68. The first-order valence-electron chi connectivity index (χ1n) is 5.13. The molecule has 5 heteroatoms. The Balaban J connectivity index is 2.31. The summed E-state index contributed by atoms with van der Waals surface area (Å²) in [4.78, 5) is 0. The van der Waals surface area contributed by atoms with Crippen molar-refractivity contribution in [1.82, 2.24) is 5.32 Å². The Morgan fingerprint density at radius 3 is 2.69 bits per heavy atom. The van der Waals surface area contributed by atoms with Gasteiger partial charge in [0.2, 0.25) is 0 Å². The molecule has 2 nitrogen and oxygen atoms in total. The third-order valence-electron chi connectivity index (χ3n) is 2.87. The van der Waals surface area contributed by atoms with Crippen molar-refractivity contribution in [3.8, 4) is 0 Å². The largest absolute Gasteiger partial charge is 0.416 e. The van der Waals surface area contributed by atoms with Crippen LogP contribution in [0, 0.1) is 0 Å². The number of nitrogens with two attached hydrogens (primary N) is 1. The molecule has 0 aromatic heterocycles. The summed E-state index contributed by atoms with van der Waals surface area (Å²) >= 11 is 0. The summed E-state index contributed by atoms with van der Waals surface area (Å²) in [5, 5.41) is 3.18. The van der Waals surface area contributed by atoms with Gasteiger partial charge in [-0.2, -0.15) is 13.2 Å². The second kappa shape index (κ2) is 4.07. The molecule has 1 aliphatic rings. The highest BCUT2D eigenvalue weighted by Gasteiger charge is 2.31. The van der Waals surface area contributed by atoms with E-state index in [4.69, 9.17) is 5.73 Å². The zero-order valence-corrected chi connectivity index (χ0v) is 8.64. The normalized spacial score (nSPS) is 20.6. The SMILES string of the molecule is NCC1Cc2cc(C(F)(F)F)ccc2CN1. The highest BCUT2D eigenvalue weighted by molar-refractivity contribution is 5.35. The summed E-state index contributed by atoms with van der Waals surface area (Å²) in [7, 11) is 0. The van der Waals surface area contributed by atoms with Gasteiger partial charge in [0.25, 0.3) is 0 Å². The molecule has 16 heavy (non-hydrogen) atoms. The predicted molar refractivity (Wildman–Crippen MR) is 54.8 cm³/mol. The number of hydrogen-bond donors (Lipinski definition) is 2. The number of halogens is 3. The summed E-state index contributed by atoms with van der Waals surface area (Å²) in [6.45, 7) is 1.03. The standard InChI is InChI=1S/C11H13F3N2/c12-11(13,14)9-2-1-7-6-16-10(5-15)4-8(7)3-9/h1-3,10,16H,4-6,15H2. The first-order valence-corrected chi connectivity index (χ1v) is 5.13. The first-order chi connectivity index (χ1) is 7.50. The fourth-order valence-electron chi connectivity index (χ4n) is 1.92. The van der Waals surface area contributed by atoms with E-state index in [1.807, 2.05) is 0 Å². The molecule has 1 aliphatic heterocycles. The van der Waals surface area contributed by atoms with Gasteiger partial charge in [0.05, 0.1) is 5.56 Å². The molecule has 1 heterocycles. The number of alkyl halides is 3. The molecule has 0 amide bonds. The van der Waals surface area contributed by atoms with Crippen molar-refractivity contribution in [2.75, 3.05) is 6.54 Å². The minimum atomic E-state index is -4.27. The van der Waals surface area contributed by atoms with Gasteiger partial charge in [0.1, 0.15) is 0 Å². The van der Waals surface area contributed by atoms with Crippen LogP contribution >= 0.6 is 0 Å². The molecule has 0 bridgehead atoms. The summed E-state index contributed by atoms with van der Waals surface area (Å²) in [6.07, 6.45) is -3.70. The second-order valence-electron chi connectivity index (χ2n) is 4.00. The van der Waals surface area contributed by atoms with Gasteiger partial charge in [-0.1, -0.05) is 6.07 Å². The molecule has 0 saturated carbocycles. The van der Waals surface area contributed by atoms with Crippen LogP contribution in [0.5, 0.6) is 0 Å². The molecule has 0 fully saturated rings. The molecule has 0 spiro atoms. The fraction of sp³-hybridized carbons (Fsp3) is 0.455. The van der Waals surface area contributed by atoms with Gasteiger partial charge >= 0.3 is 6.18 Å². The van der Waals surface area contributed by atoms with Crippen LogP contribution in [-0.2, 0) is 19.1 Å². The highest BCUT2D eigenvalue weighted by atomic mass is 19.4. The van der Waals surface area contributed by atoms with E-state index in [2.05, 4.69) is 5.32 Å². The minimum Gasteiger partial charge on any atom is -0.329 e. The van der Waals surface area contributed by atoms with Crippen molar-refractivity contribution in [2.24, 2.45) is 5.73 Å². The van der Waals surface area contributed by atoms with Crippen molar-refractivity contribution < 1.29 is 13.2 Å². The Bertz CT molecular complexity index is 387. The highest BCUT2D eigenvalue weighted by Crippen LogP contribution is 2.31. The number of benzene rings is 1. The average molecular weight is 230 g/mol. The van der Waals surface area contributed by atoms with Crippen molar-refractivity contribution in [3.05, 3.63) is 34.9 Å². The monoisotopic (exact) mass is 230 g/mol. The molecule has 1 unspecified atom stereocenters. The van der Waals surface area contributed by atoms with E-state index in [1.54, 1.807) is 0 Å². The van der Waals surface area contributed by atoms with Crippen LogP contribution in [0.25, 0.3) is 0 Å². The van der Waals surface area contributed by atoms with Crippen LogP contribution in [0.4, 0.5) is 13.2 Å². The quantitative estimate of drug-likeness (QED) is 0.770. The van der Waals surface area contributed by atoms with E-state index in [0.717, 1.165) is 17.2 Å². The molecule has 0 saturated heterocycles. The molecule has 1 aromatic rings. The van der Waals surface area contributed by atoms with E-state index < -0.39 is 11.7 Å². The fourth-order valence-corrected chi connectivity index (χ4v) is 1.92. The van der Waals surface area contributed by atoms with Gasteiger partial charge in [-0.3, -0.25) is 0 Å². The second-order valence-corrected chi connectivity index (χ2v) is 4.00. The Labute approximate surface area is 91.6 Å². The van der Waals surface area contributed by atoms with Gasteiger partial charge in [-0.15, -0.1) is 0 Å². The maximum atomic E-state index is 12.5. The number of rotatable bonds is 1. The average Bonchev–Trinajstić information content (AvgIpc) is 2.26. The third-order valence-corrected chi connectivity index (χ3v) is 2.87. The zero-order valence-electron chi connectivity index (χ0n) is 8.64. The topological polar surface area (TPSA) is 38.0 Å². The van der Waals surface area contributed by atoms with E-state index in [0.29, 0.717) is 19.5 Å². The Kier molecular flexibility index (Phi) is 2.90. The smallest absolute Gasteiger partial charge is 0.329 e. The molecule has 3 N–H and O–H groups in total. The van der Waals surface area contributed by atoms with Crippen LogP contribution in [0.3, 0.4) is 0 Å². The maximum Gasteiger partial charge on any atom is 0.416 e. The maximum absolute atomic E-state index is 12.5. The Morgan fingerprint density at radius 1 is 1.31 bits per heavy atom. The Hall–Kier alpha value is -1.07. The lowest BCUT2D eigenvalue weighted by Crippen LogP contribution is -2.41. The summed E-state index contributed by atoms with van der Waals surface area (Å²) in [5.41, 5.74) is 6.60. The molecular weight excluding hydrogens is 217 g/mol. The number of nitrogens with one attached hydrogen (secondary N) is 1. The lowest BCUT2D eigenvalue weighted by molar-refractivity contribution is -0.137.